The molecule has 0 bridgehead atoms. The molecule has 0 fully saturated rings. The predicted molar refractivity (Wildman–Crippen MR) is 54.0 cm³/mol. The van der Waals surface area contributed by atoms with Gasteiger partial charge in [0.2, 0.25) is 0 Å². The molecule has 0 rings (SSSR count). The molecular weight excluding hydrogens is 148 g/mol. The SMILES string of the molecule is C/C=C/CC(C)(O)/C=C/C(C)C. The summed E-state index contributed by atoms with van der Waals surface area (Å²) in [5.74, 6) is 0.502. The van der Waals surface area contributed by atoms with Crippen molar-refractivity contribution >= 4 is 0 Å². The molecule has 1 atom stereocenters. The van der Waals surface area contributed by atoms with E-state index in [1.807, 2.05) is 38.2 Å². The lowest BCUT2D eigenvalue weighted by Crippen LogP contribution is -2.19. The van der Waals surface area contributed by atoms with Crippen molar-refractivity contribution in [2.24, 2.45) is 5.92 Å². The van der Waals surface area contributed by atoms with Crippen LogP contribution >= 0.6 is 0 Å². The van der Waals surface area contributed by atoms with Crippen LogP contribution in [0.1, 0.15) is 34.1 Å². The molecule has 1 unspecified atom stereocenters. The zero-order chi connectivity index (χ0) is 9.61. The van der Waals surface area contributed by atoms with Crippen LogP contribution in [0, 0.1) is 5.92 Å². The van der Waals surface area contributed by atoms with Crippen LogP contribution in [0.5, 0.6) is 0 Å². The third-order valence-corrected chi connectivity index (χ3v) is 1.61. The zero-order valence-corrected chi connectivity index (χ0v) is 8.54. The molecule has 12 heavy (non-hydrogen) atoms. The zero-order valence-electron chi connectivity index (χ0n) is 8.54. The van der Waals surface area contributed by atoms with Crippen molar-refractivity contribution in [3.63, 3.8) is 0 Å². The average molecular weight is 168 g/mol. The second-order valence-electron chi connectivity index (χ2n) is 3.73. The Morgan fingerprint density at radius 3 is 2.42 bits per heavy atom. The van der Waals surface area contributed by atoms with E-state index in [-0.39, 0.29) is 0 Å². The quantitative estimate of drug-likeness (QED) is 0.640. The van der Waals surface area contributed by atoms with Crippen molar-refractivity contribution in [1.29, 1.82) is 0 Å². The Labute approximate surface area is 75.8 Å². The molecule has 0 saturated heterocycles. The first-order valence-corrected chi connectivity index (χ1v) is 4.51. The van der Waals surface area contributed by atoms with Crippen LogP contribution in [0.2, 0.25) is 0 Å². The smallest absolute Gasteiger partial charge is 0.0834 e. The van der Waals surface area contributed by atoms with E-state index in [4.69, 9.17) is 0 Å². The summed E-state index contributed by atoms with van der Waals surface area (Å²) >= 11 is 0. The van der Waals surface area contributed by atoms with Crippen molar-refractivity contribution in [1.82, 2.24) is 0 Å². The monoisotopic (exact) mass is 168 g/mol. The Morgan fingerprint density at radius 2 is 2.00 bits per heavy atom. The largest absolute Gasteiger partial charge is 0.386 e. The fourth-order valence-corrected chi connectivity index (χ4v) is 0.824. The normalized spacial score (nSPS) is 17.8. The molecule has 0 amide bonds. The van der Waals surface area contributed by atoms with E-state index in [0.29, 0.717) is 12.3 Å². The van der Waals surface area contributed by atoms with E-state index in [1.54, 1.807) is 0 Å². The van der Waals surface area contributed by atoms with Crippen LogP contribution in [0.25, 0.3) is 0 Å². The molecule has 0 aromatic carbocycles. The van der Waals surface area contributed by atoms with Gasteiger partial charge in [-0.25, -0.2) is 0 Å². The van der Waals surface area contributed by atoms with Gasteiger partial charge in [0.25, 0.3) is 0 Å². The molecule has 0 aromatic heterocycles. The van der Waals surface area contributed by atoms with Crippen molar-refractivity contribution in [2.45, 2.75) is 39.7 Å². The Bertz CT molecular complexity index is 164. The lowest BCUT2D eigenvalue weighted by molar-refractivity contribution is 0.114. The van der Waals surface area contributed by atoms with E-state index in [2.05, 4.69) is 13.8 Å². The van der Waals surface area contributed by atoms with E-state index in [9.17, 15) is 5.11 Å². The van der Waals surface area contributed by atoms with Gasteiger partial charge in [-0.15, -0.1) is 0 Å². The number of hydrogen-bond donors (Lipinski definition) is 1. The minimum Gasteiger partial charge on any atom is -0.386 e. The molecule has 70 valence electrons. The van der Waals surface area contributed by atoms with Gasteiger partial charge in [0, 0.05) is 0 Å². The number of allylic oxidation sites excluding steroid dienone is 2. The summed E-state index contributed by atoms with van der Waals surface area (Å²) in [6.45, 7) is 7.98. The second kappa shape index (κ2) is 5.15. The highest BCUT2D eigenvalue weighted by molar-refractivity contribution is 5.03. The minimum absolute atomic E-state index is 0.502. The van der Waals surface area contributed by atoms with Gasteiger partial charge >= 0.3 is 0 Å². The van der Waals surface area contributed by atoms with Crippen LogP contribution in [-0.4, -0.2) is 10.7 Å². The van der Waals surface area contributed by atoms with Crippen LogP contribution in [0.4, 0.5) is 0 Å². The molecule has 0 saturated carbocycles. The summed E-state index contributed by atoms with van der Waals surface area (Å²) < 4.78 is 0. The topological polar surface area (TPSA) is 20.2 Å². The number of aliphatic hydroxyl groups is 1. The lowest BCUT2D eigenvalue weighted by Gasteiger charge is -2.16. The summed E-state index contributed by atoms with van der Waals surface area (Å²) in [5, 5.41) is 9.76. The molecule has 0 aliphatic heterocycles. The van der Waals surface area contributed by atoms with Gasteiger partial charge in [0.15, 0.2) is 0 Å². The molecule has 0 heterocycles. The highest BCUT2D eigenvalue weighted by atomic mass is 16.3. The molecule has 0 aromatic rings. The van der Waals surface area contributed by atoms with Gasteiger partial charge in [-0.3, -0.25) is 0 Å². The van der Waals surface area contributed by atoms with Crippen LogP contribution < -0.4 is 0 Å². The maximum absolute atomic E-state index is 9.76. The Morgan fingerprint density at radius 1 is 1.42 bits per heavy atom. The summed E-state index contributed by atoms with van der Waals surface area (Å²) in [7, 11) is 0. The first-order chi connectivity index (χ1) is 5.48. The van der Waals surface area contributed by atoms with Gasteiger partial charge in [-0.2, -0.15) is 0 Å². The molecule has 0 aliphatic carbocycles. The standard InChI is InChI=1S/C11H20O/c1-5-6-8-11(4,12)9-7-10(2)3/h5-7,9-10,12H,8H2,1-4H3/b6-5+,9-7+. The second-order valence-corrected chi connectivity index (χ2v) is 3.73. The third kappa shape index (κ3) is 6.17. The number of hydrogen-bond acceptors (Lipinski definition) is 1. The van der Waals surface area contributed by atoms with Gasteiger partial charge in [-0.05, 0) is 26.2 Å². The van der Waals surface area contributed by atoms with Crippen LogP contribution in [-0.2, 0) is 0 Å². The highest BCUT2D eigenvalue weighted by Gasteiger charge is 2.13. The van der Waals surface area contributed by atoms with Crippen molar-refractivity contribution < 1.29 is 5.11 Å². The molecule has 1 heteroatoms. The first-order valence-electron chi connectivity index (χ1n) is 4.51. The highest BCUT2D eigenvalue weighted by Crippen LogP contribution is 2.13. The molecule has 1 N–H and O–H groups in total. The maximum Gasteiger partial charge on any atom is 0.0834 e. The van der Waals surface area contributed by atoms with Crippen molar-refractivity contribution in [2.75, 3.05) is 0 Å². The molecule has 0 spiro atoms. The van der Waals surface area contributed by atoms with Crippen molar-refractivity contribution in [3.05, 3.63) is 24.3 Å². The molecule has 0 radical (unpaired) electrons. The number of rotatable bonds is 4. The van der Waals surface area contributed by atoms with Gasteiger partial charge in [-0.1, -0.05) is 38.2 Å². The van der Waals surface area contributed by atoms with Gasteiger partial charge in [0.1, 0.15) is 0 Å². The summed E-state index contributed by atoms with van der Waals surface area (Å²) in [4.78, 5) is 0. The summed E-state index contributed by atoms with van der Waals surface area (Å²) in [5.41, 5.74) is -0.684. The van der Waals surface area contributed by atoms with Crippen molar-refractivity contribution in [3.8, 4) is 0 Å². The minimum atomic E-state index is -0.684. The average Bonchev–Trinajstić information content (AvgIpc) is 1.98. The van der Waals surface area contributed by atoms with Gasteiger partial charge < -0.3 is 5.11 Å². The Balaban J connectivity index is 4.02. The lowest BCUT2D eigenvalue weighted by atomic mass is 10.00. The molecule has 1 nitrogen and oxygen atoms in total. The molecule has 0 aliphatic rings. The first kappa shape index (κ1) is 11.4. The fourth-order valence-electron chi connectivity index (χ4n) is 0.824. The van der Waals surface area contributed by atoms with E-state index < -0.39 is 5.60 Å². The fraction of sp³-hybridized carbons (Fsp3) is 0.636. The van der Waals surface area contributed by atoms with Crippen LogP contribution in [0.15, 0.2) is 24.3 Å². The Kier molecular flexibility index (Phi) is 4.91. The van der Waals surface area contributed by atoms with Crippen LogP contribution in [0.3, 0.4) is 0 Å². The maximum atomic E-state index is 9.76. The van der Waals surface area contributed by atoms with Gasteiger partial charge in [0.05, 0.1) is 5.60 Å². The molecular formula is C11H20O. The Hall–Kier alpha value is -0.560. The summed E-state index contributed by atoms with van der Waals surface area (Å²) in [6.07, 6.45) is 8.52. The van der Waals surface area contributed by atoms with E-state index in [1.165, 1.54) is 0 Å². The van der Waals surface area contributed by atoms with E-state index >= 15 is 0 Å². The summed E-state index contributed by atoms with van der Waals surface area (Å²) in [6, 6.07) is 0. The predicted octanol–water partition coefficient (Wildman–Crippen LogP) is 2.92. The van der Waals surface area contributed by atoms with E-state index in [0.717, 1.165) is 0 Å². The third-order valence-electron chi connectivity index (χ3n) is 1.61.